The van der Waals surface area contributed by atoms with Crippen LogP contribution in [0, 0.1) is 6.92 Å². The number of aryl methyl sites for hydroxylation is 1. The van der Waals surface area contributed by atoms with Gasteiger partial charge in [-0.05, 0) is 50.6 Å². The van der Waals surface area contributed by atoms with Crippen LogP contribution in [0.1, 0.15) is 24.2 Å². The van der Waals surface area contributed by atoms with Crippen LogP contribution in [-0.2, 0) is 13.1 Å². The highest BCUT2D eigenvalue weighted by atomic mass is 15.2. The van der Waals surface area contributed by atoms with Gasteiger partial charge in [-0.2, -0.15) is 0 Å². The van der Waals surface area contributed by atoms with E-state index in [1.807, 2.05) is 0 Å². The summed E-state index contributed by atoms with van der Waals surface area (Å²) >= 11 is 0. The third-order valence-corrected chi connectivity index (χ3v) is 4.00. The average molecular weight is 258 g/mol. The maximum atomic E-state index is 5.84. The lowest BCUT2D eigenvalue weighted by Crippen LogP contribution is -2.25. The van der Waals surface area contributed by atoms with E-state index in [9.17, 15) is 0 Å². The summed E-state index contributed by atoms with van der Waals surface area (Å²) in [7, 11) is 0. The lowest BCUT2D eigenvalue weighted by molar-refractivity contribution is 0.322. The van der Waals surface area contributed by atoms with Crippen molar-refractivity contribution in [2.75, 3.05) is 19.6 Å². The Balaban J connectivity index is 1.87. The lowest BCUT2D eigenvalue weighted by atomic mass is 10.2. The highest BCUT2D eigenvalue weighted by molar-refractivity contribution is 5.76. The first-order valence-corrected chi connectivity index (χ1v) is 7.16. The summed E-state index contributed by atoms with van der Waals surface area (Å²) in [5.41, 5.74) is 9.37. The molecule has 0 bridgehead atoms. The predicted octanol–water partition coefficient (Wildman–Crippen LogP) is 1.90. The summed E-state index contributed by atoms with van der Waals surface area (Å²) in [5.74, 6) is 1.000. The van der Waals surface area contributed by atoms with E-state index < -0.39 is 0 Å². The molecule has 0 radical (unpaired) electrons. The second-order valence-corrected chi connectivity index (χ2v) is 5.42. The SMILES string of the molecule is Cc1ccc2c(c1)nc(CN)n2CCN1CCCC1. The van der Waals surface area contributed by atoms with Gasteiger partial charge >= 0.3 is 0 Å². The molecule has 0 aliphatic carbocycles. The molecule has 1 aromatic carbocycles. The van der Waals surface area contributed by atoms with Gasteiger partial charge in [0.05, 0.1) is 17.6 Å². The van der Waals surface area contributed by atoms with Crippen LogP contribution in [0.3, 0.4) is 0 Å². The number of benzene rings is 1. The van der Waals surface area contributed by atoms with Crippen molar-refractivity contribution in [3.05, 3.63) is 29.6 Å². The van der Waals surface area contributed by atoms with Crippen molar-refractivity contribution < 1.29 is 0 Å². The summed E-state index contributed by atoms with van der Waals surface area (Å²) in [4.78, 5) is 7.18. The quantitative estimate of drug-likeness (QED) is 0.911. The van der Waals surface area contributed by atoms with Gasteiger partial charge in [0.1, 0.15) is 5.82 Å². The Morgan fingerprint density at radius 2 is 2.00 bits per heavy atom. The zero-order valence-electron chi connectivity index (χ0n) is 11.6. The summed E-state index contributed by atoms with van der Waals surface area (Å²) < 4.78 is 2.28. The molecular weight excluding hydrogens is 236 g/mol. The van der Waals surface area contributed by atoms with Crippen LogP contribution in [0.25, 0.3) is 11.0 Å². The molecule has 4 heteroatoms. The Bertz CT molecular complexity index is 567. The predicted molar refractivity (Wildman–Crippen MR) is 78.0 cm³/mol. The molecule has 2 N–H and O–H groups in total. The van der Waals surface area contributed by atoms with Crippen LogP contribution in [0.4, 0.5) is 0 Å². The highest BCUT2D eigenvalue weighted by Crippen LogP contribution is 2.18. The van der Waals surface area contributed by atoms with Crippen molar-refractivity contribution in [1.29, 1.82) is 0 Å². The minimum Gasteiger partial charge on any atom is -0.326 e. The molecule has 0 spiro atoms. The van der Waals surface area contributed by atoms with Crippen LogP contribution < -0.4 is 5.73 Å². The lowest BCUT2D eigenvalue weighted by Gasteiger charge is -2.16. The van der Waals surface area contributed by atoms with Crippen LogP contribution in [-0.4, -0.2) is 34.1 Å². The molecule has 1 saturated heterocycles. The van der Waals surface area contributed by atoms with Gasteiger partial charge in [-0.1, -0.05) is 6.07 Å². The van der Waals surface area contributed by atoms with Crippen molar-refractivity contribution in [3.8, 4) is 0 Å². The zero-order valence-corrected chi connectivity index (χ0v) is 11.6. The molecule has 3 rings (SSSR count). The van der Waals surface area contributed by atoms with Gasteiger partial charge in [0.2, 0.25) is 0 Å². The molecule has 1 aliphatic rings. The molecule has 2 aromatic rings. The molecule has 1 aliphatic heterocycles. The van der Waals surface area contributed by atoms with E-state index in [4.69, 9.17) is 5.73 Å². The molecular formula is C15H22N4. The van der Waals surface area contributed by atoms with E-state index >= 15 is 0 Å². The van der Waals surface area contributed by atoms with Gasteiger partial charge in [0.25, 0.3) is 0 Å². The monoisotopic (exact) mass is 258 g/mol. The van der Waals surface area contributed by atoms with Crippen LogP contribution in [0.2, 0.25) is 0 Å². The fourth-order valence-electron chi connectivity index (χ4n) is 2.94. The Kier molecular flexibility index (Phi) is 3.53. The molecule has 4 nitrogen and oxygen atoms in total. The first kappa shape index (κ1) is 12.6. The molecule has 1 aromatic heterocycles. The number of nitrogens with two attached hydrogens (primary N) is 1. The zero-order chi connectivity index (χ0) is 13.2. The number of aromatic nitrogens is 2. The highest BCUT2D eigenvalue weighted by Gasteiger charge is 2.14. The fraction of sp³-hybridized carbons (Fsp3) is 0.533. The first-order chi connectivity index (χ1) is 9.28. The first-order valence-electron chi connectivity index (χ1n) is 7.16. The Hall–Kier alpha value is -1.39. The Morgan fingerprint density at radius 3 is 2.74 bits per heavy atom. The molecule has 0 saturated carbocycles. The second-order valence-electron chi connectivity index (χ2n) is 5.42. The van der Waals surface area contributed by atoms with Crippen LogP contribution in [0.15, 0.2) is 18.2 Å². The van der Waals surface area contributed by atoms with E-state index in [0.29, 0.717) is 6.54 Å². The maximum Gasteiger partial charge on any atom is 0.123 e. The van der Waals surface area contributed by atoms with Gasteiger partial charge in [-0.25, -0.2) is 4.98 Å². The molecule has 0 amide bonds. The van der Waals surface area contributed by atoms with Gasteiger partial charge in [0, 0.05) is 13.1 Å². The van der Waals surface area contributed by atoms with Crippen LogP contribution >= 0.6 is 0 Å². The third-order valence-electron chi connectivity index (χ3n) is 4.00. The van der Waals surface area contributed by atoms with Gasteiger partial charge in [-0.3, -0.25) is 0 Å². The van der Waals surface area contributed by atoms with Crippen molar-refractivity contribution in [2.45, 2.75) is 32.9 Å². The van der Waals surface area contributed by atoms with Gasteiger partial charge in [0.15, 0.2) is 0 Å². The van der Waals surface area contributed by atoms with Crippen LogP contribution in [0.5, 0.6) is 0 Å². The maximum absolute atomic E-state index is 5.84. The molecule has 19 heavy (non-hydrogen) atoms. The number of hydrogen-bond acceptors (Lipinski definition) is 3. The minimum atomic E-state index is 0.508. The molecule has 0 unspecified atom stereocenters. The summed E-state index contributed by atoms with van der Waals surface area (Å²) in [6.07, 6.45) is 2.68. The van der Waals surface area contributed by atoms with E-state index in [-0.39, 0.29) is 0 Å². The summed E-state index contributed by atoms with van der Waals surface area (Å²) in [6, 6.07) is 6.46. The second kappa shape index (κ2) is 5.31. The topological polar surface area (TPSA) is 47.1 Å². The smallest absolute Gasteiger partial charge is 0.123 e. The normalized spacial score (nSPS) is 16.5. The Labute approximate surface area is 114 Å². The van der Waals surface area contributed by atoms with E-state index in [1.54, 1.807) is 0 Å². The van der Waals surface area contributed by atoms with Crippen molar-refractivity contribution in [1.82, 2.24) is 14.5 Å². The number of imidazole rings is 1. The van der Waals surface area contributed by atoms with Crippen molar-refractivity contribution >= 4 is 11.0 Å². The minimum absolute atomic E-state index is 0.508. The standard InChI is InChI=1S/C15H22N4/c1-12-4-5-14-13(10-12)17-15(11-16)19(14)9-8-18-6-2-3-7-18/h4-5,10H,2-3,6-9,11,16H2,1H3. The number of hydrogen-bond donors (Lipinski definition) is 1. The molecule has 0 atom stereocenters. The number of nitrogens with zero attached hydrogens (tertiary/aromatic N) is 3. The molecule has 2 heterocycles. The Morgan fingerprint density at radius 1 is 1.21 bits per heavy atom. The summed E-state index contributed by atoms with van der Waals surface area (Å²) in [5, 5.41) is 0. The van der Waals surface area contributed by atoms with E-state index in [0.717, 1.165) is 24.4 Å². The molecule has 1 fully saturated rings. The molecule has 102 valence electrons. The third kappa shape index (κ3) is 2.51. The number of likely N-dealkylation sites (tertiary alicyclic amines) is 1. The fourth-order valence-corrected chi connectivity index (χ4v) is 2.94. The average Bonchev–Trinajstić information content (AvgIpc) is 3.02. The van der Waals surface area contributed by atoms with Crippen molar-refractivity contribution in [3.63, 3.8) is 0 Å². The summed E-state index contributed by atoms with van der Waals surface area (Å²) in [6.45, 7) is 7.18. The van der Waals surface area contributed by atoms with E-state index in [1.165, 1.54) is 37.0 Å². The van der Waals surface area contributed by atoms with E-state index in [2.05, 4.69) is 39.6 Å². The van der Waals surface area contributed by atoms with Gasteiger partial charge in [-0.15, -0.1) is 0 Å². The van der Waals surface area contributed by atoms with Gasteiger partial charge < -0.3 is 15.2 Å². The number of fused-ring (bicyclic) bond motifs is 1. The largest absolute Gasteiger partial charge is 0.326 e. The van der Waals surface area contributed by atoms with Crippen molar-refractivity contribution in [2.24, 2.45) is 5.73 Å². The number of rotatable bonds is 4.